The molecule has 0 atom stereocenters. The Morgan fingerprint density at radius 1 is 0.714 bits per heavy atom. The quantitative estimate of drug-likeness (QED) is 0.359. The first-order chi connectivity index (χ1) is 16.6. The summed E-state index contributed by atoms with van der Waals surface area (Å²) < 4.78 is 37.3. The average molecular weight is 486 g/mol. The van der Waals surface area contributed by atoms with E-state index in [1.165, 1.54) is 60.3 Å². The zero-order valence-electron chi connectivity index (χ0n) is 19.8. The summed E-state index contributed by atoms with van der Waals surface area (Å²) in [6, 6.07) is 4.21. The van der Waals surface area contributed by atoms with Crippen molar-refractivity contribution >= 4 is 28.9 Å². The van der Waals surface area contributed by atoms with E-state index in [4.69, 9.17) is 32.8 Å². The van der Waals surface area contributed by atoms with E-state index in [-0.39, 0.29) is 56.6 Å². The molecule has 0 bridgehead atoms. The number of carbonyl (C=O) groups is 3. The molecule has 2 aromatic carbocycles. The maximum absolute atomic E-state index is 13.6. The van der Waals surface area contributed by atoms with Gasteiger partial charge in [0.1, 0.15) is 11.6 Å². The summed E-state index contributed by atoms with van der Waals surface area (Å²) in [5.41, 5.74) is -0.255. The second-order valence-corrected chi connectivity index (χ2v) is 7.05. The van der Waals surface area contributed by atoms with E-state index in [9.17, 15) is 19.2 Å². The molecule has 0 radical (unpaired) electrons. The molecule has 3 rings (SSSR count). The maximum Gasteiger partial charge on any atom is 0.308 e. The number of hydrogen-bond acceptors (Lipinski definition) is 11. The van der Waals surface area contributed by atoms with Gasteiger partial charge in [-0.2, -0.15) is 0 Å². The number of benzene rings is 2. The number of carbonyl (C=O) groups excluding carboxylic acids is 3. The second-order valence-electron chi connectivity index (χ2n) is 7.05. The minimum atomic E-state index is -0.659. The van der Waals surface area contributed by atoms with E-state index < -0.39 is 23.3 Å². The van der Waals surface area contributed by atoms with Crippen molar-refractivity contribution in [2.45, 2.75) is 20.8 Å². The van der Waals surface area contributed by atoms with Gasteiger partial charge in [0, 0.05) is 20.8 Å². The lowest BCUT2D eigenvalue weighted by molar-refractivity contribution is -0.134. The minimum absolute atomic E-state index is 0.00595. The summed E-state index contributed by atoms with van der Waals surface area (Å²) in [6.45, 7) is 3.56. The van der Waals surface area contributed by atoms with Crippen LogP contribution in [0.4, 0.5) is 0 Å². The number of ether oxygens (including phenoxy) is 6. The van der Waals surface area contributed by atoms with Crippen LogP contribution in [0.25, 0.3) is 22.1 Å². The van der Waals surface area contributed by atoms with Gasteiger partial charge in [0.15, 0.2) is 22.8 Å². The average Bonchev–Trinajstić information content (AvgIpc) is 2.78. The van der Waals surface area contributed by atoms with Gasteiger partial charge >= 0.3 is 17.9 Å². The zero-order valence-corrected chi connectivity index (χ0v) is 19.8. The normalized spacial score (nSPS) is 10.5. The fourth-order valence-corrected chi connectivity index (χ4v) is 3.41. The molecule has 0 saturated carbocycles. The Labute approximate surface area is 199 Å². The van der Waals surface area contributed by atoms with Crippen molar-refractivity contribution in [2.75, 3.05) is 21.3 Å². The van der Waals surface area contributed by atoms with Gasteiger partial charge in [-0.15, -0.1) is 0 Å². The lowest BCUT2D eigenvalue weighted by atomic mass is 10.0. The van der Waals surface area contributed by atoms with E-state index in [0.29, 0.717) is 0 Å². The first-order valence-electron chi connectivity index (χ1n) is 10.1. The number of methoxy groups -OCH3 is 3. The summed E-state index contributed by atoms with van der Waals surface area (Å²) in [5.74, 6) is -2.29. The van der Waals surface area contributed by atoms with Crippen LogP contribution in [-0.2, 0) is 14.4 Å². The van der Waals surface area contributed by atoms with Crippen molar-refractivity contribution in [3.63, 3.8) is 0 Å². The summed E-state index contributed by atoms with van der Waals surface area (Å²) in [5, 5.41) is -0.0484. The molecule has 0 fully saturated rings. The van der Waals surface area contributed by atoms with Crippen LogP contribution in [0.5, 0.6) is 34.5 Å². The van der Waals surface area contributed by atoms with Gasteiger partial charge in [-0.05, 0) is 17.7 Å². The Hall–Kier alpha value is -4.54. The summed E-state index contributed by atoms with van der Waals surface area (Å²) in [4.78, 5) is 48.2. The minimum Gasteiger partial charge on any atom is -0.492 e. The van der Waals surface area contributed by atoms with E-state index in [2.05, 4.69) is 0 Å². The molecule has 11 nitrogen and oxygen atoms in total. The van der Waals surface area contributed by atoms with Crippen LogP contribution in [0.15, 0.2) is 33.7 Å². The Balaban J connectivity index is 2.34. The Morgan fingerprint density at radius 2 is 1.29 bits per heavy atom. The van der Waals surface area contributed by atoms with Crippen LogP contribution >= 0.6 is 0 Å². The standard InChI is InChI=1S/C24H22O11/c1-11(25)33-16-8-7-14(9-17(16)34-12(2)26)15-10-32-21-18(19(15)28)20(29-4)22(30-5)24(23(21)31-6)35-13(3)27/h7-10H,1-6H3. The van der Waals surface area contributed by atoms with Crippen molar-refractivity contribution < 1.29 is 47.2 Å². The highest BCUT2D eigenvalue weighted by Crippen LogP contribution is 2.50. The van der Waals surface area contributed by atoms with Crippen LogP contribution < -0.4 is 33.8 Å². The Bertz CT molecular complexity index is 1380. The third-order valence-electron chi connectivity index (χ3n) is 4.67. The first kappa shape index (κ1) is 25.1. The van der Waals surface area contributed by atoms with Crippen LogP contribution in [0, 0.1) is 0 Å². The molecular formula is C24H22O11. The SMILES string of the molecule is COc1c(OC(C)=O)c(OC)c2occ(-c3ccc(OC(C)=O)c(OC(C)=O)c3)c(=O)c2c1OC. The molecule has 0 aliphatic rings. The number of rotatable bonds is 7. The molecule has 0 aliphatic heterocycles. The van der Waals surface area contributed by atoms with Gasteiger partial charge in [-0.3, -0.25) is 19.2 Å². The monoisotopic (exact) mass is 486 g/mol. The highest BCUT2D eigenvalue weighted by molar-refractivity contribution is 5.97. The molecule has 0 saturated heterocycles. The summed E-state index contributed by atoms with van der Waals surface area (Å²) in [6.07, 6.45) is 1.16. The predicted octanol–water partition coefficient (Wildman–Crippen LogP) is 3.26. The fraction of sp³-hybridized carbons (Fsp3) is 0.250. The molecular weight excluding hydrogens is 464 g/mol. The van der Waals surface area contributed by atoms with Crippen LogP contribution in [0.1, 0.15) is 20.8 Å². The third kappa shape index (κ3) is 4.88. The molecule has 1 aromatic heterocycles. The van der Waals surface area contributed by atoms with E-state index in [1.54, 1.807) is 0 Å². The van der Waals surface area contributed by atoms with E-state index >= 15 is 0 Å². The maximum atomic E-state index is 13.6. The molecule has 3 aromatic rings. The lowest BCUT2D eigenvalue weighted by Gasteiger charge is -2.18. The molecule has 0 aliphatic carbocycles. The Kier molecular flexibility index (Phi) is 7.28. The van der Waals surface area contributed by atoms with Crippen LogP contribution in [0.2, 0.25) is 0 Å². The van der Waals surface area contributed by atoms with Gasteiger partial charge in [-0.1, -0.05) is 6.07 Å². The fourth-order valence-electron chi connectivity index (χ4n) is 3.41. The van der Waals surface area contributed by atoms with Gasteiger partial charge < -0.3 is 32.8 Å². The van der Waals surface area contributed by atoms with E-state index in [1.807, 2.05) is 0 Å². The molecule has 11 heteroatoms. The molecule has 184 valence electrons. The molecule has 0 spiro atoms. The smallest absolute Gasteiger partial charge is 0.308 e. The predicted molar refractivity (Wildman–Crippen MR) is 122 cm³/mol. The van der Waals surface area contributed by atoms with Crippen molar-refractivity contribution in [1.82, 2.24) is 0 Å². The van der Waals surface area contributed by atoms with Crippen LogP contribution in [-0.4, -0.2) is 39.2 Å². The number of fused-ring (bicyclic) bond motifs is 1. The van der Waals surface area contributed by atoms with Gasteiger partial charge in [0.25, 0.3) is 0 Å². The number of esters is 3. The molecule has 0 unspecified atom stereocenters. The van der Waals surface area contributed by atoms with Crippen molar-refractivity contribution in [3.8, 4) is 45.6 Å². The second kappa shape index (κ2) is 10.2. The third-order valence-corrected chi connectivity index (χ3v) is 4.67. The topological polar surface area (TPSA) is 137 Å². The van der Waals surface area contributed by atoms with Gasteiger partial charge in [-0.25, -0.2) is 0 Å². The van der Waals surface area contributed by atoms with Crippen molar-refractivity contribution in [2.24, 2.45) is 0 Å². The summed E-state index contributed by atoms with van der Waals surface area (Å²) >= 11 is 0. The van der Waals surface area contributed by atoms with Crippen LogP contribution in [0.3, 0.4) is 0 Å². The summed E-state index contributed by atoms with van der Waals surface area (Å²) in [7, 11) is 3.92. The van der Waals surface area contributed by atoms with Crippen molar-refractivity contribution in [3.05, 3.63) is 34.7 Å². The Morgan fingerprint density at radius 3 is 1.83 bits per heavy atom. The molecule has 0 N–H and O–H groups in total. The lowest BCUT2D eigenvalue weighted by Crippen LogP contribution is -2.11. The van der Waals surface area contributed by atoms with Gasteiger partial charge in [0.05, 0.1) is 26.9 Å². The number of hydrogen-bond donors (Lipinski definition) is 0. The van der Waals surface area contributed by atoms with E-state index in [0.717, 1.165) is 6.26 Å². The first-order valence-corrected chi connectivity index (χ1v) is 10.1. The zero-order chi connectivity index (χ0) is 25.9. The molecule has 1 heterocycles. The highest BCUT2D eigenvalue weighted by atomic mass is 16.6. The highest BCUT2D eigenvalue weighted by Gasteiger charge is 2.29. The van der Waals surface area contributed by atoms with Gasteiger partial charge in [0.2, 0.25) is 22.7 Å². The largest absolute Gasteiger partial charge is 0.492 e. The molecule has 0 amide bonds. The van der Waals surface area contributed by atoms with Crippen molar-refractivity contribution in [1.29, 1.82) is 0 Å². The molecule has 35 heavy (non-hydrogen) atoms.